The normalized spacial score (nSPS) is 11.0. The smallest absolute Gasteiger partial charge is 0.261 e. The Morgan fingerprint density at radius 1 is 1.04 bits per heavy atom. The van der Waals surface area contributed by atoms with E-state index in [0.717, 1.165) is 4.47 Å². The lowest BCUT2D eigenvalue weighted by atomic mass is 10.2. The van der Waals surface area contributed by atoms with E-state index in [4.69, 9.17) is 0 Å². The van der Waals surface area contributed by atoms with E-state index in [1.54, 1.807) is 24.3 Å². The number of nitrogens with one attached hydrogen (secondary N) is 2. The molecule has 0 atom stereocenters. The van der Waals surface area contributed by atoms with Crippen molar-refractivity contribution in [1.82, 2.24) is 4.98 Å². The van der Waals surface area contributed by atoms with Crippen molar-refractivity contribution in [3.8, 4) is 5.75 Å². The minimum Gasteiger partial charge on any atom is -0.504 e. The van der Waals surface area contributed by atoms with Gasteiger partial charge in [-0.2, -0.15) is 0 Å². The topological polar surface area (TPSA) is 108 Å². The minimum absolute atomic E-state index is 0.0104. The first-order chi connectivity index (χ1) is 12.8. The van der Waals surface area contributed by atoms with E-state index in [0.29, 0.717) is 5.69 Å². The third-order valence-electron chi connectivity index (χ3n) is 3.52. The summed E-state index contributed by atoms with van der Waals surface area (Å²) in [7, 11) is -3.87. The number of hydrogen-bond donors (Lipinski definition) is 3. The zero-order valence-corrected chi connectivity index (χ0v) is 16.2. The van der Waals surface area contributed by atoms with Crippen LogP contribution in [0.3, 0.4) is 0 Å². The van der Waals surface area contributed by atoms with E-state index < -0.39 is 15.9 Å². The molecule has 0 fully saturated rings. The lowest BCUT2D eigenvalue weighted by Gasteiger charge is -2.10. The predicted octanol–water partition coefficient (Wildman–Crippen LogP) is 3.60. The molecule has 0 spiro atoms. The fourth-order valence-corrected chi connectivity index (χ4v) is 3.58. The lowest BCUT2D eigenvalue weighted by Crippen LogP contribution is -2.16. The number of aromatic nitrogens is 1. The molecule has 1 aromatic heterocycles. The Labute approximate surface area is 164 Å². The molecular formula is C18H14BrN3O4S. The number of rotatable bonds is 5. The van der Waals surface area contributed by atoms with Crippen molar-refractivity contribution in [1.29, 1.82) is 0 Å². The van der Waals surface area contributed by atoms with Gasteiger partial charge in [-0.3, -0.25) is 9.52 Å². The van der Waals surface area contributed by atoms with Crippen molar-refractivity contribution in [2.24, 2.45) is 0 Å². The zero-order chi connectivity index (χ0) is 19.4. The fraction of sp³-hybridized carbons (Fsp3) is 0. The minimum atomic E-state index is -3.87. The summed E-state index contributed by atoms with van der Waals surface area (Å²) < 4.78 is 28.4. The summed E-state index contributed by atoms with van der Waals surface area (Å²) in [6.07, 6.45) is 1.42. The number of benzene rings is 2. The van der Waals surface area contributed by atoms with Gasteiger partial charge in [-0.05, 0) is 54.6 Å². The van der Waals surface area contributed by atoms with Crippen LogP contribution in [0.2, 0.25) is 0 Å². The highest BCUT2D eigenvalue weighted by Crippen LogP contribution is 2.21. The van der Waals surface area contributed by atoms with Gasteiger partial charge in [0.05, 0.1) is 4.90 Å². The van der Waals surface area contributed by atoms with Crippen molar-refractivity contribution >= 4 is 43.4 Å². The molecule has 3 aromatic rings. The van der Waals surface area contributed by atoms with E-state index in [1.807, 2.05) is 0 Å². The number of carbonyl (C=O) groups is 1. The average Bonchev–Trinajstić information content (AvgIpc) is 2.65. The van der Waals surface area contributed by atoms with E-state index in [9.17, 15) is 18.3 Å². The number of anilines is 2. The molecule has 0 saturated heterocycles. The highest BCUT2D eigenvalue weighted by molar-refractivity contribution is 9.10. The number of aromatic hydroxyl groups is 1. The summed E-state index contributed by atoms with van der Waals surface area (Å²) in [6, 6.07) is 15.1. The van der Waals surface area contributed by atoms with Crippen LogP contribution in [0.15, 0.2) is 76.2 Å². The summed E-state index contributed by atoms with van der Waals surface area (Å²) in [4.78, 5) is 16.2. The Hall–Kier alpha value is -2.91. The number of sulfonamides is 1. The molecule has 3 rings (SSSR count). The molecule has 7 nitrogen and oxygen atoms in total. The van der Waals surface area contributed by atoms with E-state index in [1.165, 1.54) is 42.6 Å². The molecule has 0 aliphatic heterocycles. The second-order valence-corrected chi connectivity index (χ2v) is 8.06. The van der Waals surface area contributed by atoms with E-state index >= 15 is 0 Å². The molecule has 1 amide bonds. The van der Waals surface area contributed by atoms with Crippen LogP contribution in [0.5, 0.6) is 5.75 Å². The van der Waals surface area contributed by atoms with Gasteiger partial charge in [0, 0.05) is 21.9 Å². The summed E-state index contributed by atoms with van der Waals surface area (Å²) in [5, 5.41) is 12.1. The molecule has 0 bridgehead atoms. The fourth-order valence-electron chi connectivity index (χ4n) is 2.21. The number of carbonyl (C=O) groups excluding carboxylic acids is 1. The number of pyridine rings is 1. The Balaban J connectivity index is 1.83. The Kier molecular flexibility index (Phi) is 5.43. The number of amides is 1. The van der Waals surface area contributed by atoms with Crippen molar-refractivity contribution in [2.75, 3.05) is 10.0 Å². The zero-order valence-electron chi connectivity index (χ0n) is 13.8. The third-order valence-corrected chi connectivity index (χ3v) is 5.43. The second-order valence-electron chi connectivity index (χ2n) is 5.47. The molecule has 27 heavy (non-hydrogen) atoms. The summed E-state index contributed by atoms with van der Waals surface area (Å²) in [5.41, 5.74) is 0.505. The van der Waals surface area contributed by atoms with Gasteiger partial charge in [0.2, 0.25) is 0 Å². The van der Waals surface area contributed by atoms with Crippen molar-refractivity contribution in [3.63, 3.8) is 0 Å². The Morgan fingerprint density at radius 2 is 1.78 bits per heavy atom. The maximum atomic E-state index is 12.6. The monoisotopic (exact) mass is 447 g/mol. The summed E-state index contributed by atoms with van der Waals surface area (Å²) in [6.45, 7) is 0. The molecule has 138 valence electrons. The van der Waals surface area contributed by atoms with Crippen LogP contribution in [-0.2, 0) is 10.0 Å². The largest absolute Gasteiger partial charge is 0.504 e. The van der Waals surface area contributed by atoms with Gasteiger partial charge in [-0.1, -0.05) is 22.0 Å². The molecule has 0 aliphatic rings. The highest BCUT2D eigenvalue weighted by atomic mass is 79.9. The first-order valence-electron chi connectivity index (χ1n) is 7.69. The average molecular weight is 448 g/mol. The lowest BCUT2D eigenvalue weighted by molar-refractivity contribution is 0.102. The van der Waals surface area contributed by atoms with Gasteiger partial charge in [-0.15, -0.1) is 0 Å². The van der Waals surface area contributed by atoms with Crippen LogP contribution in [0.4, 0.5) is 11.5 Å². The molecule has 2 aromatic carbocycles. The number of nitrogens with zero attached hydrogens (tertiary/aromatic N) is 1. The Morgan fingerprint density at radius 3 is 2.48 bits per heavy atom. The molecule has 0 saturated carbocycles. The van der Waals surface area contributed by atoms with Crippen molar-refractivity contribution < 1.29 is 18.3 Å². The SMILES string of the molecule is O=C(Nc1ncccc1O)c1cccc(S(=O)(=O)Nc2ccc(Br)cc2)c1. The van der Waals surface area contributed by atoms with Gasteiger partial charge in [0.15, 0.2) is 11.6 Å². The first kappa shape index (κ1) is 18.9. The van der Waals surface area contributed by atoms with E-state index in [2.05, 4.69) is 31.0 Å². The number of halogens is 1. The maximum absolute atomic E-state index is 12.6. The van der Waals surface area contributed by atoms with Crippen LogP contribution < -0.4 is 10.0 Å². The van der Waals surface area contributed by atoms with Gasteiger partial charge < -0.3 is 10.4 Å². The van der Waals surface area contributed by atoms with Crippen molar-refractivity contribution in [3.05, 3.63) is 76.9 Å². The standard InChI is InChI=1S/C18H14BrN3O4S/c19-13-6-8-14(9-7-13)22-27(25,26)15-4-1-3-12(11-15)18(24)21-17-16(23)5-2-10-20-17/h1-11,22-23H,(H,20,21,24). The molecule has 0 radical (unpaired) electrons. The quantitative estimate of drug-likeness (QED) is 0.553. The molecular weight excluding hydrogens is 434 g/mol. The van der Waals surface area contributed by atoms with Gasteiger partial charge in [0.1, 0.15) is 0 Å². The second kappa shape index (κ2) is 7.77. The molecule has 0 aliphatic carbocycles. The van der Waals surface area contributed by atoms with Crippen LogP contribution in [0, 0.1) is 0 Å². The molecule has 0 unspecified atom stereocenters. The maximum Gasteiger partial charge on any atom is 0.261 e. The van der Waals surface area contributed by atoms with Gasteiger partial charge >= 0.3 is 0 Å². The summed E-state index contributed by atoms with van der Waals surface area (Å²) in [5.74, 6) is -0.792. The van der Waals surface area contributed by atoms with E-state index in [-0.39, 0.29) is 22.0 Å². The highest BCUT2D eigenvalue weighted by Gasteiger charge is 2.17. The van der Waals surface area contributed by atoms with Crippen molar-refractivity contribution in [2.45, 2.75) is 4.90 Å². The third kappa shape index (κ3) is 4.63. The summed E-state index contributed by atoms with van der Waals surface area (Å²) >= 11 is 3.28. The van der Waals surface area contributed by atoms with Gasteiger partial charge in [-0.25, -0.2) is 13.4 Å². The predicted molar refractivity (Wildman–Crippen MR) is 105 cm³/mol. The number of hydrogen-bond acceptors (Lipinski definition) is 5. The molecule has 1 heterocycles. The van der Waals surface area contributed by atoms with Gasteiger partial charge in [0.25, 0.3) is 15.9 Å². The Bertz CT molecular complexity index is 1090. The molecule has 3 N–H and O–H groups in total. The molecule has 9 heteroatoms. The van der Waals surface area contributed by atoms with Crippen LogP contribution in [0.1, 0.15) is 10.4 Å². The van der Waals surface area contributed by atoms with Crippen LogP contribution in [0.25, 0.3) is 0 Å². The van der Waals surface area contributed by atoms with Crippen LogP contribution in [-0.4, -0.2) is 24.4 Å². The first-order valence-corrected chi connectivity index (χ1v) is 9.96. The van der Waals surface area contributed by atoms with Crippen LogP contribution >= 0.6 is 15.9 Å².